The predicted octanol–water partition coefficient (Wildman–Crippen LogP) is 0.514. The largest absolute Gasteiger partial charge is 0.381 e. The van der Waals surface area contributed by atoms with Crippen molar-refractivity contribution in [3.05, 3.63) is 0 Å². The van der Waals surface area contributed by atoms with Crippen LogP contribution in [-0.2, 0) is 4.74 Å². The van der Waals surface area contributed by atoms with Gasteiger partial charge in [-0.15, -0.1) is 0 Å². The van der Waals surface area contributed by atoms with Crippen LogP contribution in [0.2, 0.25) is 0 Å². The maximum atomic E-state index is 5.95. The fourth-order valence-corrected chi connectivity index (χ4v) is 2.97. The normalized spacial score (nSPS) is 58.5. The van der Waals surface area contributed by atoms with E-state index in [1.807, 2.05) is 0 Å². The van der Waals surface area contributed by atoms with E-state index in [4.69, 9.17) is 10.5 Å². The first kappa shape index (κ1) is 5.56. The van der Waals surface area contributed by atoms with Crippen LogP contribution in [0.3, 0.4) is 0 Å². The summed E-state index contributed by atoms with van der Waals surface area (Å²) in [4.78, 5) is 0. The third-order valence-corrected chi connectivity index (χ3v) is 3.62. The van der Waals surface area contributed by atoms with E-state index in [0.717, 1.165) is 19.1 Å². The van der Waals surface area contributed by atoms with E-state index in [2.05, 4.69) is 0 Å². The van der Waals surface area contributed by atoms with Gasteiger partial charge in [0.15, 0.2) is 0 Å². The van der Waals surface area contributed by atoms with Gasteiger partial charge in [-0.2, -0.15) is 0 Å². The minimum Gasteiger partial charge on any atom is -0.381 e. The SMILES string of the molecule is NC12CC(C3COC3)(C1)C2. The highest BCUT2D eigenvalue weighted by Crippen LogP contribution is 2.70. The molecule has 56 valence electrons. The number of hydrogen-bond acceptors (Lipinski definition) is 2. The molecule has 0 aromatic carbocycles. The lowest BCUT2D eigenvalue weighted by atomic mass is 9.36. The molecule has 4 rings (SSSR count). The third-order valence-electron chi connectivity index (χ3n) is 3.62. The Morgan fingerprint density at radius 1 is 1.20 bits per heavy atom. The first-order valence-corrected chi connectivity index (χ1v) is 4.09. The van der Waals surface area contributed by atoms with E-state index in [0.29, 0.717) is 5.41 Å². The lowest BCUT2D eigenvalue weighted by Gasteiger charge is -2.73. The highest BCUT2D eigenvalue weighted by molar-refractivity contribution is 5.23. The lowest BCUT2D eigenvalue weighted by Crippen LogP contribution is -2.76. The molecule has 3 aliphatic carbocycles. The van der Waals surface area contributed by atoms with E-state index in [-0.39, 0.29) is 5.54 Å². The van der Waals surface area contributed by atoms with Crippen molar-refractivity contribution in [2.45, 2.75) is 24.8 Å². The monoisotopic (exact) mass is 139 g/mol. The van der Waals surface area contributed by atoms with Crippen LogP contribution >= 0.6 is 0 Å². The number of nitrogens with two attached hydrogens (primary N) is 1. The fourth-order valence-electron chi connectivity index (χ4n) is 2.97. The molecule has 0 atom stereocenters. The van der Waals surface area contributed by atoms with Gasteiger partial charge in [0.2, 0.25) is 0 Å². The van der Waals surface area contributed by atoms with Crippen molar-refractivity contribution in [1.29, 1.82) is 0 Å². The topological polar surface area (TPSA) is 35.2 Å². The molecule has 4 fully saturated rings. The summed E-state index contributed by atoms with van der Waals surface area (Å²) in [7, 11) is 0. The fraction of sp³-hybridized carbons (Fsp3) is 1.00. The van der Waals surface area contributed by atoms with E-state index in [1.54, 1.807) is 0 Å². The van der Waals surface area contributed by atoms with Crippen molar-refractivity contribution in [2.24, 2.45) is 17.1 Å². The van der Waals surface area contributed by atoms with Crippen LogP contribution in [0.5, 0.6) is 0 Å². The standard InChI is InChI=1S/C8H13NO/c9-8-3-7(4-8,5-8)6-1-10-2-6/h6H,1-5,9H2. The first-order valence-electron chi connectivity index (χ1n) is 4.09. The van der Waals surface area contributed by atoms with Crippen LogP contribution in [0.15, 0.2) is 0 Å². The minimum atomic E-state index is 0.287. The van der Waals surface area contributed by atoms with Crippen LogP contribution in [0, 0.1) is 11.3 Å². The summed E-state index contributed by atoms with van der Waals surface area (Å²) in [5.74, 6) is 0.873. The average Bonchev–Trinajstić information content (AvgIpc) is 1.53. The molecule has 0 aromatic heterocycles. The Hall–Kier alpha value is -0.0800. The van der Waals surface area contributed by atoms with E-state index >= 15 is 0 Å². The van der Waals surface area contributed by atoms with Gasteiger partial charge in [-0.05, 0) is 24.7 Å². The number of hydrogen-bond donors (Lipinski definition) is 1. The minimum absolute atomic E-state index is 0.287. The molecular formula is C8H13NO. The summed E-state index contributed by atoms with van der Waals surface area (Å²) in [5.41, 5.74) is 6.91. The molecule has 2 heteroatoms. The van der Waals surface area contributed by atoms with Crippen molar-refractivity contribution in [3.8, 4) is 0 Å². The van der Waals surface area contributed by atoms with Crippen LogP contribution in [0.1, 0.15) is 19.3 Å². The molecule has 0 unspecified atom stereocenters. The van der Waals surface area contributed by atoms with E-state index in [1.165, 1.54) is 19.3 Å². The van der Waals surface area contributed by atoms with Crippen LogP contribution in [-0.4, -0.2) is 18.8 Å². The second kappa shape index (κ2) is 1.28. The van der Waals surface area contributed by atoms with Crippen LogP contribution in [0.4, 0.5) is 0 Å². The Labute approximate surface area is 60.7 Å². The van der Waals surface area contributed by atoms with Gasteiger partial charge in [-0.3, -0.25) is 0 Å². The van der Waals surface area contributed by atoms with Gasteiger partial charge < -0.3 is 10.5 Å². The summed E-state index contributed by atoms with van der Waals surface area (Å²) in [5, 5.41) is 0. The van der Waals surface area contributed by atoms with Gasteiger partial charge in [0.05, 0.1) is 13.2 Å². The average molecular weight is 139 g/mol. The second-order valence-corrected chi connectivity index (χ2v) is 4.49. The summed E-state index contributed by atoms with van der Waals surface area (Å²) in [6, 6.07) is 0. The van der Waals surface area contributed by atoms with Gasteiger partial charge >= 0.3 is 0 Å². The quantitative estimate of drug-likeness (QED) is 0.574. The zero-order chi connectivity index (χ0) is 6.82. The Balaban J connectivity index is 1.74. The highest BCUT2D eigenvalue weighted by atomic mass is 16.5. The molecule has 0 spiro atoms. The molecule has 4 aliphatic rings. The molecule has 0 radical (unpaired) electrons. The lowest BCUT2D eigenvalue weighted by molar-refractivity contribution is -0.235. The number of rotatable bonds is 1. The molecule has 0 amide bonds. The summed E-state index contributed by atoms with van der Waals surface area (Å²) in [6.45, 7) is 2.02. The van der Waals surface area contributed by atoms with Crippen molar-refractivity contribution in [3.63, 3.8) is 0 Å². The zero-order valence-corrected chi connectivity index (χ0v) is 6.10. The predicted molar refractivity (Wildman–Crippen MR) is 37.5 cm³/mol. The second-order valence-electron chi connectivity index (χ2n) is 4.49. The van der Waals surface area contributed by atoms with E-state index in [9.17, 15) is 0 Å². The molecule has 2 N–H and O–H groups in total. The van der Waals surface area contributed by atoms with Crippen LogP contribution < -0.4 is 5.73 Å². The molecule has 1 aliphatic heterocycles. The molecule has 0 aromatic rings. The molecular weight excluding hydrogens is 126 g/mol. The summed E-state index contributed by atoms with van der Waals surface area (Å²) < 4.78 is 5.17. The maximum Gasteiger partial charge on any atom is 0.0521 e. The maximum absolute atomic E-state index is 5.95. The molecule has 10 heavy (non-hydrogen) atoms. The zero-order valence-electron chi connectivity index (χ0n) is 6.10. The van der Waals surface area contributed by atoms with Gasteiger partial charge in [0.25, 0.3) is 0 Å². The molecule has 1 saturated heterocycles. The Morgan fingerprint density at radius 3 is 2.10 bits per heavy atom. The molecule has 2 bridgehead atoms. The smallest absolute Gasteiger partial charge is 0.0521 e. The Bertz CT molecular complexity index is 166. The highest BCUT2D eigenvalue weighted by Gasteiger charge is 2.69. The van der Waals surface area contributed by atoms with Gasteiger partial charge in [-0.1, -0.05) is 0 Å². The Kier molecular flexibility index (Phi) is 0.710. The van der Waals surface area contributed by atoms with Crippen molar-refractivity contribution >= 4 is 0 Å². The molecule has 3 saturated carbocycles. The van der Waals surface area contributed by atoms with Gasteiger partial charge in [0, 0.05) is 11.5 Å². The summed E-state index contributed by atoms with van der Waals surface area (Å²) in [6.07, 6.45) is 3.86. The molecule has 1 heterocycles. The Morgan fingerprint density at radius 2 is 1.80 bits per heavy atom. The van der Waals surface area contributed by atoms with Crippen molar-refractivity contribution < 1.29 is 4.74 Å². The van der Waals surface area contributed by atoms with Gasteiger partial charge in [-0.25, -0.2) is 0 Å². The van der Waals surface area contributed by atoms with Gasteiger partial charge in [0.1, 0.15) is 0 Å². The summed E-state index contributed by atoms with van der Waals surface area (Å²) >= 11 is 0. The number of ether oxygens (including phenoxy) is 1. The van der Waals surface area contributed by atoms with Crippen molar-refractivity contribution in [2.75, 3.05) is 13.2 Å². The van der Waals surface area contributed by atoms with Crippen molar-refractivity contribution in [1.82, 2.24) is 0 Å². The first-order chi connectivity index (χ1) is 4.73. The third kappa shape index (κ3) is 0.424. The van der Waals surface area contributed by atoms with E-state index < -0.39 is 0 Å². The van der Waals surface area contributed by atoms with Crippen LogP contribution in [0.25, 0.3) is 0 Å². The molecule has 2 nitrogen and oxygen atoms in total.